The van der Waals surface area contributed by atoms with Crippen LogP contribution in [0.15, 0.2) is 12.1 Å². The molecule has 3 rings (SSSR count). The van der Waals surface area contributed by atoms with Gasteiger partial charge in [0.1, 0.15) is 10.0 Å². The Kier molecular flexibility index (Phi) is 3.83. The zero-order chi connectivity index (χ0) is 14.6. The van der Waals surface area contributed by atoms with Gasteiger partial charge in [-0.1, -0.05) is 69.6 Å². The molecule has 0 N–H and O–H groups in total. The fraction of sp³-hybridized carbons (Fsp3) is 0. The monoisotopic (exact) mass is 400 g/mol. The normalized spacial score (nSPS) is 12.3. The highest BCUT2D eigenvalue weighted by atomic mass is 35.5. The lowest BCUT2D eigenvalue weighted by Crippen LogP contribution is -2.01. The maximum Gasteiger partial charge on any atom is 0.191 e. The lowest BCUT2D eigenvalue weighted by atomic mass is 11.2. The van der Waals surface area contributed by atoms with E-state index in [0.717, 1.165) is 0 Å². The van der Waals surface area contributed by atoms with Crippen molar-refractivity contribution < 1.29 is 9.47 Å². The molecule has 0 atom stereocenters. The van der Waals surface area contributed by atoms with Gasteiger partial charge in [-0.3, -0.25) is 0 Å². The van der Waals surface area contributed by atoms with Gasteiger partial charge in [0.05, 0.1) is 20.1 Å². The van der Waals surface area contributed by atoms with Crippen molar-refractivity contribution in [3.05, 3.63) is 42.3 Å². The van der Waals surface area contributed by atoms with Crippen LogP contribution in [0.1, 0.15) is 0 Å². The van der Waals surface area contributed by atoms with Gasteiger partial charge in [-0.25, -0.2) is 0 Å². The average molecular weight is 403 g/mol. The number of rotatable bonds is 0. The third-order valence-electron chi connectivity index (χ3n) is 2.59. The van der Waals surface area contributed by atoms with Crippen molar-refractivity contribution in [2.24, 2.45) is 0 Å². The average Bonchev–Trinajstić information content (AvgIpc) is 2.43. The molecule has 0 unspecified atom stereocenters. The van der Waals surface area contributed by atoms with Crippen molar-refractivity contribution in [1.82, 2.24) is 0 Å². The lowest BCUT2D eigenvalue weighted by Gasteiger charge is -2.23. The van der Waals surface area contributed by atoms with E-state index in [1.54, 1.807) is 0 Å². The Morgan fingerprint density at radius 3 is 1.25 bits per heavy atom. The third-order valence-corrected chi connectivity index (χ3v) is 5.08. The van der Waals surface area contributed by atoms with Crippen LogP contribution in [0.5, 0.6) is 23.0 Å². The molecule has 0 saturated carbocycles. The van der Waals surface area contributed by atoms with Crippen LogP contribution >= 0.6 is 69.6 Å². The molecule has 104 valence electrons. The molecule has 0 aliphatic carbocycles. The minimum atomic E-state index is 0.0872. The molecule has 0 spiro atoms. The highest BCUT2D eigenvalue weighted by Crippen LogP contribution is 2.57. The first kappa shape index (κ1) is 14.7. The van der Waals surface area contributed by atoms with E-state index in [1.807, 2.05) is 0 Å². The minimum absolute atomic E-state index is 0.0872. The Bertz CT molecular complexity index is 682. The first-order valence-corrected chi connectivity index (χ1v) is 7.37. The van der Waals surface area contributed by atoms with Gasteiger partial charge < -0.3 is 9.47 Å². The summed E-state index contributed by atoms with van der Waals surface area (Å²) in [6.45, 7) is 0. The van der Waals surface area contributed by atoms with Gasteiger partial charge in [-0.05, 0) is 0 Å². The Balaban J connectivity index is 2.23. The standard InChI is InChI=1S/C12H2Cl6O2/c13-3-1-5-6(2-4(3)14)20-12-10(18)8(16)7(15)9(17)11(12)19-5/h1-2H/i1+1,2+1,3+1,4+1,5+1,6+1,7+1,8+1,9+1,10+1,11+1,12+1. The molecule has 1 aliphatic rings. The quantitative estimate of drug-likeness (QED) is 0.286. The second-order valence-corrected chi connectivity index (χ2v) is 6.16. The highest BCUT2D eigenvalue weighted by Gasteiger charge is 2.29. The topological polar surface area (TPSA) is 18.5 Å². The van der Waals surface area contributed by atoms with Crippen molar-refractivity contribution in [3.8, 4) is 23.0 Å². The maximum absolute atomic E-state index is 6.09. The summed E-state index contributed by atoms with van der Waals surface area (Å²) in [5.74, 6) is 1.06. The third kappa shape index (κ3) is 2.19. The Morgan fingerprint density at radius 2 is 0.900 bits per heavy atom. The zero-order valence-corrected chi connectivity index (χ0v) is 13.8. The smallest absolute Gasteiger partial charge is 0.191 e. The van der Waals surface area contributed by atoms with E-state index in [1.165, 1.54) is 12.1 Å². The van der Waals surface area contributed by atoms with Crippen LogP contribution in [0.2, 0.25) is 30.1 Å². The number of fused-ring (bicyclic) bond motifs is 2. The predicted molar refractivity (Wildman–Crippen MR) is 83.1 cm³/mol. The van der Waals surface area contributed by atoms with Gasteiger partial charge in [0.2, 0.25) is 0 Å². The molecule has 20 heavy (non-hydrogen) atoms. The van der Waals surface area contributed by atoms with Crippen LogP contribution in [0.25, 0.3) is 0 Å². The second-order valence-electron chi connectivity index (χ2n) is 3.83. The van der Waals surface area contributed by atoms with E-state index in [2.05, 4.69) is 0 Å². The fourth-order valence-electron chi connectivity index (χ4n) is 1.66. The number of halogens is 6. The van der Waals surface area contributed by atoms with Gasteiger partial charge in [0.25, 0.3) is 0 Å². The predicted octanol–water partition coefficient (Wildman–Crippen LogP) is 7.50. The molecule has 0 radical (unpaired) electrons. The second kappa shape index (κ2) is 5.20. The maximum atomic E-state index is 6.09. The van der Waals surface area contributed by atoms with E-state index in [4.69, 9.17) is 79.1 Å². The Hall–Kier alpha value is -0.220. The van der Waals surface area contributed by atoms with E-state index < -0.39 is 0 Å². The largest absolute Gasteiger partial charge is 0.448 e. The zero-order valence-electron chi connectivity index (χ0n) is 9.24. The summed E-state index contributed by atoms with van der Waals surface area (Å²) in [5, 5.41) is 1.02. The van der Waals surface area contributed by atoms with Crippen LogP contribution in [0, 0.1) is 0 Å². The van der Waals surface area contributed by atoms with E-state index in [0.29, 0.717) is 21.5 Å². The van der Waals surface area contributed by atoms with E-state index >= 15 is 0 Å². The molecule has 0 amide bonds. The summed E-state index contributed by atoms with van der Waals surface area (Å²) in [7, 11) is 0. The van der Waals surface area contributed by atoms with Crippen molar-refractivity contribution in [2.75, 3.05) is 0 Å². The van der Waals surface area contributed by atoms with Gasteiger partial charge in [0.15, 0.2) is 23.0 Å². The number of hydrogen-bond donors (Lipinski definition) is 0. The summed E-state index contributed by atoms with van der Waals surface area (Å²) >= 11 is 36.0. The Labute approximate surface area is 144 Å². The van der Waals surface area contributed by atoms with Crippen LogP contribution in [-0.2, 0) is 0 Å². The SMILES string of the molecule is Cl[13c]1[13cH][13c]2[13c]([13cH][13c]1Cl)O[13c]1[13c](Cl)[13c](Cl)[13c](Cl)[13c](Cl)[13c]1O2. The first-order chi connectivity index (χ1) is 9.40. The van der Waals surface area contributed by atoms with Crippen LogP contribution in [0.3, 0.4) is 0 Å². The number of benzene rings is 2. The highest BCUT2D eigenvalue weighted by molar-refractivity contribution is 6.53. The van der Waals surface area contributed by atoms with E-state index in [9.17, 15) is 0 Å². The van der Waals surface area contributed by atoms with Crippen LogP contribution in [-0.4, -0.2) is 0 Å². The molecule has 8 heteroatoms. The van der Waals surface area contributed by atoms with Gasteiger partial charge in [-0.2, -0.15) is 0 Å². The van der Waals surface area contributed by atoms with Crippen molar-refractivity contribution in [2.45, 2.75) is 0 Å². The molecular formula is C12H2Cl6O2. The van der Waals surface area contributed by atoms with Gasteiger partial charge in [-0.15, -0.1) is 0 Å². The van der Waals surface area contributed by atoms with Crippen LogP contribution in [0.4, 0.5) is 0 Å². The number of hydrogen-bond acceptors (Lipinski definition) is 2. The number of ether oxygens (including phenoxy) is 2. The molecular weight excluding hydrogens is 401 g/mol. The summed E-state index contributed by atoms with van der Waals surface area (Å²) in [4.78, 5) is 0. The molecule has 2 aromatic carbocycles. The fourth-order valence-corrected chi connectivity index (χ4v) is 2.87. The van der Waals surface area contributed by atoms with Crippen molar-refractivity contribution in [3.63, 3.8) is 0 Å². The molecule has 0 aromatic heterocycles. The molecule has 0 fully saturated rings. The van der Waals surface area contributed by atoms with Crippen molar-refractivity contribution >= 4 is 69.6 Å². The molecule has 1 heterocycles. The summed E-state index contributed by atoms with van der Waals surface area (Å²) in [6, 6.07) is 3.02. The van der Waals surface area contributed by atoms with Gasteiger partial charge in [0, 0.05) is 12.1 Å². The molecule has 0 saturated heterocycles. The van der Waals surface area contributed by atoms with E-state index in [-0.39, 0.29) is 31.6 Å². The first-order valence-electron chi connectivity index (χ1n) is 5.11. The minimum Gasteiger partial charge on any atom is -0.448 e. The lowest BCUT2D eigenvalue weighted by molar-refractivity contribution is 0.360. The summed E-state index contributed by atoms with van der Waals surface area (Å²) < 4.78 is 11.3. The molecule has 2 nitrogen and oxygen atoms in total. The van der Waals surface area contributed by atoms with Crippen LogP contribution < -0.4 is 9.47 Å². The van der Waals surface area contributed by atoms with Crippen molar-refractivity contribution in [1.29, 1.82) is 0 Å². The molecule has 1 aliphatic heterocycles. The summed E-state index contributed by atoms with van der Waals surface area (Å²) in [5.41, 5.74) is 0. The van der Waals surface area contributed by atoms with Gasteiger partial charge >= 0.3 is 0 Å². The molecule has 0 bridgehead atoms. The Morgan fingerprint density at radius 1 is 0.550 bits per heavy atom. The summed E-state index contributed by atoms with van der Waals surface area (Å²) in [6.07, 6.45) is 0. The molecule has 2 aromatic rings.